The van der Waals surface area contributed by atoms with Crippen molar-refractivity contribution in [2.45, 2.75) is 101 Å². The first-order chi connectivity index (χ1) is 23.4. The van der Waals surface area contributed by atoms with Gasteiger partial charge in [-0.25, -0.2) is 9.97 Å². The van der Waals surface area contributed by atoms with Gasteiger partial charge in [0.1, 0.15) is 0 Å². The first kappa shape index (κ1) is 32.7. The Morgan fingerprint density at radius 1 is 0.771 bits per heavy atom. The monoisotopic (exact) mass is 650 g/mol. The number of benzene rings is 2. The van der Waals surface area contributed by atoms with Crippen molar-refractivity contribution in [3.05, 3.63) is 84.7 Å². The van der Waals surface area contributed by atoms with Crippen LogP contribution in [0.3, 0.4) is 0 Å². The Labute approximate surface area is 283 Å². The number of aromatic nitrogens is 4. The van der Waals surface area contributed by atoms with Gasteiger partial charge < -0.3 is 30.4 Å². The van der Waals surface area contributed by atoms with Crippen LogP contribution in [0.15, 0.2) is 73.6 Å². The summed E-state index contributed by atoms with van der Waals surface area (Å²) in [6.07, 6.45) is 16.9. The van der Waals surface area contributed by atoms with Gasteiger partial charge in [-0.15, -0.1) is 0 Å². The van der Waals surface area contributed by atoms with Crippen LogP contribution in [0.25, 0.3) is 22.5 Å². The van der Waals surface area contributed by atoms with Crippen molar-refractivity contribution >= 4 is 5.91 Å². The van der Waals surface area contributed by atoms with Crippen molar-refractivity contribution in [3.8, 4) is 22.5 Å². The first-order valence-electron chi connectivity index (χ1n) is 18.0. The van der Waals surface area contributed by atoms with Crippen LogP contribution in [-0.2, 0) is 4.79 Å². The van der Waals surface area contributed by atoms with E-state index in [9.17, 15) is 15.0 Å². The van der Waals surface area contributed by atoms with E-state index in [2.05, 4.69) is 72.9 Å². The van der Waals surface area contributed by atoms with Crippen LogP contribution >= 0.6 is 0 Å². The summed E-state index contributed by atoms with van der Waals surface area (Å²) in [5.41, 5.74) is 13.2. The molecule has 9 heteroatoms. The van der Waals surface area contributed by atoms with Crippen molar-refractivity contribution in [1.82, 2.24) is 24.4 Å². The molecule has 254 valence electrons. The highest BCUT2D eigenvalue weighted by Gasteiger charge is 2.35. The minimum absolute atomic E-state index is 0.0409. The van der Waals surface area contributed by atoms with Gasteiger partial charge in [-0.2, -0.15) is 0 Å². The largest absolute Gasteiger partial charge is 0.393 e. The van der Waals surface area contributed by atoms with E-state index in [1.165, 1.54) is 27.9 Å². The fourth-order valence-corrected chi connectivity index (χ4v) is 8.93. The summed E-state index contributed by atoms with van der Waals surface area (Å²) < 4.78 is 4.41. The third-order valence-corrected chi connectivity index (χ3v) is 11.6. The van der Waals surface area contributed by atoms with Crippen LogP contribution in [0.4, 0.5) is 0 Å². The van der Waals surface area contributed by atoms with Crippen molar-refractivity contribution in [2.24, 2.45) is 23.5 Å². The Morgan fingerprint density at radius 3 is 1.69 bits per heavy atom. The number of nitrogens with one attached hydrogen (secondary N) is 1. The lowest BCUT2D eigenvalue weighted by molar-refractivity contribution is -0.120. The maximum absolute atomic E-state index is 11.2. The number of imidazole rings is 2. The van der Waals surface area contributed by atoms with Gasteiger partial charge in [0.2, 0.25) is 5.91 Å². The van der Waals surface area contributed by atoms with Gasteiger partial charge in [-0.3, -0.25) is 4.79 Å². The molecule has 2 saturated carbocycles. The Morgan fingerprint density at radius 2 is 1.23 bits per heavy atom. The number of fused-ring (bicyclic) bond motifs is 6. The third-order valence-electron chi connectivity index (χ3n) is 11.6. The number of nitrogens with zero attached hydrogens (tertiary/aromatic N) is 4. The number of carbonyl (C=O) groups excluding carboxylic acids is 1. The number of rotatable bonds is 8. The zero-order valence-electron chi connectivity index (χ0n) is 28.0. The smallest absolute Gasteiger partial charge is 0.217 e. The molecule has 0 saturated heterocycles. The van der Waals surface area contributed by atoms with E-state index in [0.717, 1.165) is 76.4 Å². The number of hydrogen-bond donors (Lipinski definition) is 4. The summed E-state index contributed by atoms with van der Waals surface area (Å²) in [5, 5.41) is 24.7. The molecular formula is C39H50N6O3. The van der Waals surface area contributed by atoms with Gasteiger partial charge in [-0.1, -0.05) is 48.5 Å². The fourth-order valence-electron chi connectivity index (χ4n) is 8.93. The highest BCUT2D eigenvalue weighted by Crippen LogP contribution is 2.44. The molecule has 4 aliphatic rings. The highest BCUT2D eigenvalue weighted by molar-refractivity contribution is 5.73. The summed E-state index contributed by atoms with van der Waals surface area (Å²) in [4.78, 5) is 19.8. The molecule has 2 aliphatic heterocycles. The third kappa shape index (κ3) is 6.60. The number of aliphatic hydroxyl groups excluding tert-OH is 2. The van der Waals surface area contributed by atoms with Gasteiger partial charge in [0.05, 0.1) is 60.7 Å². The van der Waals surface area contributed by atoms with Crippen molar-refractivity contribution in [1.29, 1.82) is 0 Å². The predicted octanol–water partition coefficient (Wildman–Crippen LogP) is 5.87. The standard InChI is InChI=1S/C20H25N3O2.C19H25N3O/c1-13(24)22-15-8-6-14(7-9-15)20(25)10-18-16-4-2-3-5-17(16)19-11-21-12-23(18)19;20-10-13-5-7-14(8-6-13)19(23)9-17-15-3-1-2-4-16(15)18-11-21-12-22(17)18/h2-5,11-12,14-15,18,20,25H,6-10H2,1H3,(H,22,24);1-4,11-14,17,19,23H,5-10,20H2. The zero-order chi connectivity index (χ0) is 33.2. The molecule has 0 radical (unpaired) electrons. The number of carbonyl (C=O) groups is 1. The Kier molecular flexibility index (Phi) is 9.80. The average molecular weight is 651 g/mol. The summed E-state index contributed by atoms with van der Waals surface area (Å²) in [7, 11) is 0. The summed E-state index contributed by atoms with van der Waals surface area (Å²) in [6.45, 7) is 2.36. The number of hydrogen-bond acceptors (Lipinski definition) is 6. The molecular weight excluding hydrogens is 600 g/mol. The lowest BCUT2D eigenvalue weighted by Crippen LogP contribution is -2.38. The van der Waals surface area contributed by atoms with E-state index in [4.69, 9.17) is 5.73 Å². The Hall–Kier alpha value is -3.79. The van der Waals surface area contributed by atoms with E-state index in [1.54, 1.807) is 6.92 Å². The minimum Gasteiger partial charge on any atom is -0.393 e. The molecule has 4 heterocycles. The molecule has 0 spiro atoms. The molecule has 2 aromatic carbocycles. The molecule has 2 fully saturated rings. The van der Waals surface area contributed by atoms with E-state index < -0.39 is 0 Å². The highest BCUT2D eigenvalue weighted by atomic mass is 16.3. The summed E-state index contributed by atoms with van der Waals surface area (Å²) >= 11 is 0. The van der Waals surface area contributed by atoms with E-state index in [-0.39, 0.29) is 36.2 Å². The van der Waals surface area contributed by atoms with E-state index in [0.29, 0.717) is 17.8 Å². The second kappa shape index (κ2) is 14.4. The maximum Gasteiger partial charge on any atom is 0.217 e. The zero-order valence-corrected chi connectivity index (χ0v) is 28.0. The Bertz CT molecular complexity index is 1680. The maximum atomic E-state index is 11.2. The molecule has 4 unspecified atom stereocenters. The molecule has 2 aromatic heterocycles. The topological polar surface area (TPSA) is 131 Å². The van der Waals surface area contributed by atoms with Crippen LogP contribution in [0.2, 0.25) is 0 Å². The van der Waals surface area contributed by atoms with Gasteiger partial charge in [0.15, 0.2) is 0 Å². The minimum atomic E-state index is -0.329. The quantitative estimate of drug-likeness (QED) is 0.189. The lowest BCUT2D eigenvalue weighted by Gasteiger charge is -2.33. The fraction of sp³-hybridized carbons (Fsp3) is 0.513. The van der Waals surface area contributed by atoms with Crippen LogP contribution in [0.1, 0.15) is 94.3 Å². The second-order valence-electron chi connectivity index (χ2n) is 14.5. The van der Waals surface area contributed by atoms with Crippen LogP contribution in [-0.4, -0.2) is 60.0 Å². The van der Waals surface area contributed by atoms with E-state index >= 15 is 0 Å². The molecule has 0 bridgehead atoms. The molecule has 4 aromatic rings. The SMILES string of the molecule is CC(=O)NC1CCC(C(O)CC2c3ccccc3-c3cncn32)CC1.NCC1CCC(C(O)CC2c3ccccc3-c3cncn32)CC1. The van der Waals surface area contributed by atoms with Gasteiger partial charge in [0, 0.05) is 24.1 Å². The lowest BCUT2D eigenvalue weighted by atomic mass is 9.78. The number of nitrogens with two attached hydrogens (primary N) is 1. The van der Waals surface area contributed by atoms with Crippen LogP contribution in [0.5, 0.6) is 0 Å². The second-order valence-corrected chi connectivity index (χ2v) is 14.5. The average Bonchev–Trinajstić information content (AvgIpc) is 3.90. The van der Waals surface area contributed by atoms with Crippen molar-refractivity contribution in [3.63, 3.8) is 0 Å². The predicted molar refractivity (Wildman–Crippen MR) is 187 cm³/mol. The normalized spacial score (nSPS) is 26.7. The van der Waals surface area contributed by atoms with Crippen molar-refractivity contribution in [2.75, 3.05) is 6.54 Å². The van der Waals surface area contributed by atoms with Gasteiger partial charge in [0.25, 0.3) is 0 Å². The van der Waals surface area contributed by atoms with Gasteiger partial charge in [-0.05, 0) is 99.6 Å². The Balaban J connectivity index is 0.000000152. The molecule has 1 amide bonds. The van der Waals surface area contributed by atoms with Crippen LogP contribution < -0.4 is 11.1 Å². The van der Waals surface area contributed by atoms with E-state index in [1.807, 2.05) is 25.0 Å². The molecule has 5 N–H and O–H groups in total. The van der Waals surface area contributed by atoms with Gasteiger partial charge >= 0.3 is 0 Å². The molecule has 48 heavy (non-hydrogen) atoms. The summed E-state index contributed by atoms with van der Waals surface area (Å²) in [5.74, 6) is 1.42. The van der Waals surface area contributed by atoms with Crippen molar-refractivity contribution < 1.29 is 15.0 Å². The molecule has 8 rings (SSSR count). The molecule has 2 aliphatic carbocycles. The summed E-state index contributed by atoms with van der Waals surface area (Å²) in [6, 6.07) is 17.6. The number of amides is 1. The first-order valence-corrected chi connectivity index (χ1v) is 18.0. The van der Waals surface area contributed by atoms with Crippen LogP contribution in [0, 0.1) is 17.8 Å². The molecule has 4 atom stereocenters. The molecule has 9 nitrogen and oxygen atoms in total. The number of aliphatic hydroxyl groups is 2.